The van der Waals surface area contributed by atoms with E-state index in [1.807, 2.05) is 30.3 Å². The smallest absolute Gasteiger partial charge is 0.216 e. The van der Waals surface area contributed by atoms with Crippen molar-refractivity contribution in [2.75, 3.05) is 7.11 Å². The molecule has 9 heteroatoms. The molecule has 3 rings (SSSR count). The van der Waals surface area contributed by atoms with Gasteiger partial charge in [0.05, 0.1) is 17.8 Å². The summed E-state index contributed by atoms with van der Waals surface area (Å²) in [6, 6.07) is 12.8. The number of phenolic OH excluding ortho intramolecular Hbond substituents is 1. The molecule has 26 heavy (non-hydrogen) atoms. The second-order valence-electron chi connectivity index (χ2n) is 5.16. The zero-order chi connectivity index (χ0) is 18.5. The standard InChI is InChI=1S/C17H15BrN4O3S/c1-24-14-8-11(7-13(18)16(14)23)9-19-22-15(20-21-17(22)26)10-25-12-5-3-2-4-6-12/h2-9,23H,10H2,1H3,(H,21,26)/b19-9+. The Morgan fingerprint density at radius 3 is 2.85 bits per heavy atom. The van der Waals surface area contributed by atoms with E-state index in [9.17, 15) is 5.11 Å². The normalized spacial score (nSPS) is 11.0. The number of hydrogen-bond acceptors (Lipinski definition) is 6. The lowest BCUT2D eigenvalue weighted by Crippen LogP contribution is -2.04. The first kappa shape index (κ1) is 18.2. The Morgan fingerprint density at radius 1 is 1.35 bits per heavy atom. The predicted octanol–water partition coefficient (Wildman–Crippen LogP) is 3.88. The summed E-state index contributed by atoms with van der Waals surface area (Å²) in [6.07, 6.45) is 1.59. The minimum absolute atomic E-state index is 0.0292. The van der Waals surface area contributed by atoms with Crippen LogP contribution in [0.2, 0.25) is 0 Å². The minimum atomic E-state index is 0.0292. The fourth-order valence-electron chi connectivity index (χ4n) is 2.15. The molecule has 0 aliphatic rings. The number of nitrogens with one attached hydrogen (secondary N) is 1. The van der Waals surface area contributed by atoms with Crippen LogP contribution in [0.4, 0.5) is 0 Å². The lowest BCUT2D eigenvalue weighted by molar-refractivity contribution is 0.290. The number of aromatic nitrogens is 3. The van der Waals surface area contributed by atoms with E-state index in [0.29, 0.717) is 26.4 Å². The number of methoxy groups -OCH3 is 1. The molecule has 0 unspecified atom stereocenters. The predicted molar refractivity (Wildman–Crippen MR) is 104 cm³/mol. The van der Waals surface area contributed by atoms with Crippen LogP contribution >= 0.6 is 28.1 Å². The van der Waals surface area contributed by atoms with Gasteiger partial charge in [0.1, 0.15) is 12.4 Å². The van der Waals surface area contributed by atoms with Gasteiger partial charge in [-0.3, -0.25) is 0 Å². The molecule has 0 radical (unpaired) electrons. The first-order chi connectivity index (χ1) is 12.6. The van der Waals surface area contributed by atoms with E-state index in [-0.39, 0.29) is 12.4 Å². The average Bonchev–Trinajstić information content (AvgIpc) is 3.01. The molecule has 2 aromatic carbocycles. The van der Waals surface area contributed by atoms with Crippen LogP contribution in [-0.4, -0.2) is 33.3 Å². The van der Waals surface area contributed by atoms with Gasteiger partial charge in [-0.05, 0) is 58.0 Å². The van der Waals surface area contributed by atoms with Crippen molar-refractivity contribution >= 4 is 34.4 Å². The number of aromatic hydroxyl groups is 1. The molecule has 1 aromatic heterocycles. The number of ether oxygens (including phenoxy) is 2. The molecule has 3 aromatic rings. The number of benzene rings is 2. The maximum atomic E-state index is 9.87. The summed E-state index contributed by atoms with van der Waals surface area (Å²) in [5.74, 6) is 1.62. The third-order valence-corrected chi connectivity index (χ3v) is 4.29. The SMILES string of the molecule is COc1cc(/C=N/n2c(COc3ccccc3)n[nH]c2=S)cc(Br)c1O. The van der Waals surface area contributed by atoms with E-state index in [2.05, 4.69) is 31.2 Å². The third kappa shape index (κ3) is 4.12. The molecule has 2 N–H and O–H groups in total. The fraction of sp³-hybridized carbons (Fsp3) is 0.118. The largest absolute Gasteiger partial charge is 0.503 e. The van der Waals surface area contributed by atoms with E-state index in [1.54, 1.807) is 18.3 Å². The van der Waals surface area contributed by atoms with Crippen molar-refractivity contribution in [3.63, 3.8) is 0 Å². The van der Waals surface area contributed by atoms with E-state index in [1.165, 1.54) is 11.8 Å². The summed E-state index contributed by atoms with van der Waals surface area (Å²) in [5.41, 5.74) is 0.713. The van der Waals surface area contributed by atoms with Crippen LogP contribution < -0.4 is 9.47 Å². The highest BCUT2D eigenvalue weighted by Gasteiger charge is 2.09. The summed E-state index contributed by atoms with van der Waals surface area (Å²) in [6.45, 7) is 0.205. The van der Waals surface area contributed by atoms with Gasteiger partial charge in [0.25, 0.3) is 0 Å². The van der Waals surface area contributed by atoms with Crippen molar-refractivity contribution in [3.05, 3.63) is 63.1 Å². The van der Waals surface area contributed by atoms with Crippen molar-refractivity contribution in [1.29, 1.82) is 0 Å². The van der Waals surface area contributed by atoms with Crippen LogP contribution in [0.5, 0.6) is 17.2 Å². The van der Waals surface area contributed by atoms with Gasteiger partial charge >= 0.3 is 0 Å². The Kier molecular flexibility index (Phi) is 5.69. The van der Waals surface area contributed by atoms with Gasteiger partial charge < -0.3 is 14.6 Å². The van der Waals surface area contributed by atoms with Gasteiger partial charge in [-0.25, -0.2) is 5.10 Å². The number of hydrogen-bond donors (Lipinski definition) is 2. The fourth-order valence-corrected chi connectivity index (χ4v) is 2.81. The molecule has 134 valence electrons. The summed E-state index contributed by atoms with van der Waals surface area (Å²) < 4.78 is 13.1. The van der Waals surface area contributed by atoms with E-state index >= 15 is 0 Å². The lowest BCUT2D eigenvalue weighted by atomic mass is 10.2. The second-order valence-corrected chi connectivity index (χ2v) is 6.40. The van der Waals surface area contributed by atoms with Crippen LogP contribution in [0.1, 0.15) is 11.4 Å². The molecular formula is C17H15BrN4O3S. The molecule has 0 aliphatic heterocycles. The number of H-pyrrole nitrogens is 1. The van der Waals surface area contributed by atoms with E-state index in [0.717, 1.165) is 5.75 Å². The zero-order valence-electron chi connectivity index (χ0n) is 13.7. The number of rotatable bonds is 6. The number of phenols is 1. The summed E-state index contributed by atoms with van der Waals surface area (Å²) in [4.78, 5) is 0. The van der Waals surface area contributed by atoms with Gasteiger partial charge in [-0.1, -0.05) is 18.2 Å². The van der Waals surface area contributed by atoms with Crippen molar-refractivity contribution < 1.29 is 14.6 Å². The highest BCUT2D eigenvalue weighted by atomic mass is 79.9. The molecule has 0 atom stereocenters. The molecular weight excluding hydrogens is 420 g/mol. The van der Waals surface area contributed by atoms with Gasteiger partial charge in [0, 0.05) is 0 Å². The first-order valence-corrected chi connectivity index (χ1v) is 8.73. The van der Waals surface area contributed by atoms with Crippen molar-refractivity contribution in [3.8, 4) is 17.2 Å². The maximum Gasteiger partial charge on any atom is 0.216 e. The van der Waals surface area contributed by atoms with Crippen LogP contribution in [0.15, 0.2) is 52.0 Å². The number of halogens is 1. The Bertz CT molecular complexity index is 985. The van der Waals surface area contributed by atoms with Crippen molar-refractivity contribution in [2.24, 2.45) is 5.10 Å². The summed E-state index contributed by atoms with van der Waals surface area (Å²) in [5, 5.41) is 21.1. The quantitative estimate of drug-likeness (QED) is 0.454. The van der Waals surface area contributed by atoms with Crippen LogP contribution in [0.25, 0.3) is 0 Å². The molecule has 0 saturated heterocycles. The van der Waals surface area contributed by atoms with Crippen LogP contribution in [-0.2, 0) is 6.61 Å². The van der Waals surface area contributed by atoms with Crippen molar-refractivity contribution in [2.45, 2.75) is 6.61 Å². The summed E-state index contributed by atoms with van der Waals surface area (Å²) >= 11 is 8.49. The second kappa shape index (κ2) is 8.15. The highest BCUT2D eigenvalue weighted by molar-refractivity contribution is 9.10. The molecule has 0 saturated carbocycles. The Hall–Kier alpha value is -2.65. The number of nitrogens with zero attached hydrogens (tertiary/aromatic N) is 3. The van der Waals surface area contributed by atoms with Gasteiger partial charge in [-0.15, -0.1) is 0 Å². The number of aromatic amines is 1. The molecule has 7 nitrogen and oxygen atoms in total. The molecule has 0 amide bonds. The highest BCUT2D eigenvalue weighted by Crippen LogP contribution is 2.34. The Morgan fingerprint density at radius 2 is 2.12 bits per heavy atom. The van der Waals surface area contributed by atoms with Crippen molar-refractivity contribution in [1.82, 2.24) is 14.9 Å². The van der Waals surface area contributed by atoms with Gasteiger partial charge in [0.2, 0.25) is 4.77 Å². The molecule has 0 spiro atoms. The molecule has 0 fully saturated rings. The van der Waals surface area contributed by atoms with E-state index in [4.69, 9.17) is 21.7 Å². The monoisotopic (exact) mass is 434 g/mol. The number of para-hydroxylation sites is 1. The average molecular weight is 435 g/mol. The zero-order valence-corrected chi connectivity index (χ0v) is 16.1. The summed E-state index contributed by atoms with van der Waals surface area (Å²) in [7, 11) is 1.48. The third-order valence-electron chi connectivity index (χ3n) is 3.42. The Labute approximate surface area is 163 Å². The Balaban J connectivity index is 1.82. The molecule has 1 heterocycles. The van der Waals surface area contributed by atoms with Gasteiger partial charge in [0.15, 0.2) is 17.3 Å². The lowest BCUT2D eigenvalue weighted by Gasteiger charge is -2.07. The first-order valence-electron chi connectivity index (χ1n) is 7.53. The van der Waals surface area contributed by atoms with Crippen LogP contribution in [0, 0.1) is 4.77 Å². The molecule has 0 bridgehead atoms. The van der Waals surface area contributed by atoms with Gasteiger partial charge in [-0.2, -0.15) is 14.9 Å². The minimum Gasteiger partial charge on any atom is -0.503 e. The topological polar surface area (TPSA) is 84.7 Å². The maximum absolute atomic E-state index is 9.87. The van der Waals surface area contributed by atoms with Crippen LogP contribution in [0.3, 0.4) is 0 Å². The molecule has 0 aliphatic carbocycles. The van der Waals surface area contributed by atoms with E-state index < -0.39 is 0 Å².